The summed E-state index contributed by atoms with van der Waals surface area (Å²) >= 11 is 0. The van der Waals surface area contributed by atoms with Gasteiger partial charge in [-0.3, -0.25) is 0 Å². The van der Waals surface area contributed by atoms with Crippen LogP contribution in [-0.4, -0.2) is 17.1 Å². The minimum Gasteiger partial charge on any atom is -0.321 e. The molecule has 1 spiro atoms. The standard InChI is InChI=1S/C17H15N2/c1-13-8-10-17(11-9-13)12-19(17)16-7-6-14-4-2-3-5-15(14)18-16/h2-11H,12H2,1H3/q+1. The number of aromatic nitrogens is 1. The summed E-state index contributed by atoms with van der Waals surface area (Å²) in [6, 6.07) is 12.5. The second-order valence-corrected chi connectivity index (χ2v) is 5.35. The molecule has 1 aliphatic heterocycles. The van der Waals surface area contributed by atoms with Gasteiger partial charge in [-0.15, -0.1) is 0 Å². The molecule has 4 rings (SSSR count). The Hall–Kier alpha value is -2.22. The summed E-state index contributed by atoms with van der Waals surface area (Å²) in [7, 11) is 0. The van der Waals surface area contributed by atoms with Crippen molar-refractivity contribution in [2.45, 2.75) is 12.5 Å². The van der Waals surface area contributed by atoms with E-state index in [0.29, 0.717) is 0 Å². The first-order valence-electron chi connectivity index (χ1n) is 6.62. The Morgan fingerprint density at radius 1 is 1.21 bits per heavy atom. The van der Waals surface area contributed by atoms with Crippen molar-refractivity contribution in [1.82, 2.24) is 4.98 Å². The summed E-state index contributed by atoms with van der Waals surface area (Å²) in [5.74, 6) is 1.06. The van der Waals surface area contributed by atoms with Crippen molar-refractivity contribution in [1.29, 1.82) is 0 Å². The molecule has 1 aromatic carbocycles. The number of rotatable bonds is 1. The summed E-state index contributed by atoms with van der Waals surface area (Å²) in [4.78, 5) is 7.09. The topological polar surface area (TPSA) is 15.9 Å². The second-order valence-electron chi connectivity index (χ2n) is 5.35. The van der Waals surface area contributed by atoms with Crippen LogP contribution < -0.4 is 4.90 Å². The summed E-state index contributed by atoms with van der Waals surface area (Å²) in [5.41, 5.74) is 2.45. The molecule has 2 heterocycles. The number of hydrogen-bond donors (Lipinski definition) is 0. The van der Waals surface area contributed by atoms with Crippen LogP contribution in [0.15, 0.2) is 60.2 Å². The minimum atomic E-state index is 0.0783. The third-order valence-electron chi connectivity index (χ3n) is 3.94. The van der Waals surface area contributed by atoms with Gasteiger partial charge in [0.2, 0.25) is 0 Å². The molecule has 0 radical (unpaired) electrons. The highest BCUT2D eigenvalue weighted by Gasteiger charge is 2.55. The molecule has 0 bridgehead atoms. The number of pyridine rings is 1. The van der Waals surface area contributed by atoms with E-state index < -0.39 is 0 Å². The van der Waals surface area contributed by atoms with Crippen molar-refractivity contribution in [3.63, 3.8) is 0 Å². The summed E-state index contributed by atoms with van der Waals surface area (Å²) in [5, 5.41) is 1.20. The van der Waals surface area contributed by atoms with Crippen molar-refractivity contribution >= 4 is 16.7 Å². The molecule has 0 unspecified atom stereocenters. The van der Waals surface area contributed by atoms with Gasteiger partial charge in [0.15, 0.2) is 5.54 Å². The Labute approximate surface area is 113 Å². The van der Waals surface area contributed by atoms with E-state index in [0.717, 1.165) is 17.9 Å². The van der Waals surface area contributed by atoms with Crippen molar-refractivity contribution in [2.24, 2.45) is 0 Å². The maximum atomic E-state index is 4.76. The molecule has 2 nitrogen and oxygen atoms in total. The molecule has 1 aliphatic carbocycles. The smallest absolute Gasteiger partial charge is 0.164 e. The number of hydrogen-bond acceptors (Lipinski definition) is 2. The van der Waals surface area contributed by atoms with Crippen molar-refractivity contribution in [2.75, 3.05) is 11.4 Å². The Balaban J connectivity index is 1.68. The largest absolute Gasteiger partial charge is 0.321 e. The zero-order chi connectivity index (χ0) is 12.9. The average Bonchev–Trinajstić information content (AvgIpc) is 3.16. The van der Waals surface area contributed by atoms with Gasteiger partial charge in [0, 0.05) is 18.4 Å². The van der Waals surface area contributed by atoms with Gasteiger partial charge in [-0.05, 0) is 24.3 Å². The van der Waals surface area contributed by atoms with Crippen LogP contribution in [0, 0.1) is 6.42 Å². The molecule has 2 aromatic rings. The summed E-state index contributed by atoms with van der Waals surface area (Å²) in [6.07, 6.45) is 8.94. The van der Waals surface area contributed by atoms with E-state index in [1.54, 1.807) is 0 Å². The molecule has 2 aliphatic rings. The maximum Gasteiger partial charge on any atom is 0.164 e. The average molecular weight is 247 g/mol. The minimum absolute atomic E-state index is 0.0783. The van der Waals surface area contributed by atoms with Gasteiger partial charge in [-0.1, -0.05) is 18.2 Å². The van der Waals surface area contributed by atoms with E-state index in [4.69, 9.17) is 4.98 Å². The molecule has 1 saturated heterocycles. The van der Waals surface area contributed by atoms with Gasteiger partial charge in [-0.2, -0.15) is 0 Å². The zero-order valence-corrected chi connectivity index (χ0v) is 10.9. The first kappa shape index (κ1) is 10.7. The highest BCUT2D eigenvalue weighted by Crippen LogP contribution is 2.43. The molecular weight excluding hydrogens is 232 g/mol. The van der Waals surface area contributed by atoms with Crippen LogP contribution >= 0.6 is 0 Å². The molecule has 1 fully saturated rings. The van der Waals surface area contributed by atoms with Gasteiger partial charge in [-0.25, -0.2) is 4.98 Å². The second kappa shape index (κ2) is 3.64. The fourth-order valence-electron chi connectivity index (χ4n) is 2.67. The summed E-state index contributed by atoms with van der Waals surface area (Å²) in [6.45, 7) is 3.15. The predicted octanol–water partition coefficient (Wildman–Crippen LogP) is 3.51. The van der Waals surface area contributed by atoms with Gasteiger partial charge in [0.1, 0.15) is 5.82 Å². The summed E-state index contributed by atoms with van der Waals surface area (Å²) < 4.78 is 0. The Morgan fingerprint density at radius 3 is 2.95 bits per heavy atom. The molecule has 0 amide bonds. The van der Waals surface area contributed by atoms with E-state index >= 15 is 0 Å². The first-order valence-corrected chi connectivity index (χ1v) is 6.62. The van der Waals surface area contributed by atoms with Crippen LogP contribution in [0.4, 0.5) is 5.82 Å². The lowest BCUT2D eigenvalue weighted by molar-refractivity contribution is 0.946. The normalized spacial score (nSPS) is 24.5. The number of para-hydroxylation sites is 1. The molecular formula is C17H15N2+. The third kappa shape index (κ3) is 1.64. The lowest BCUT2D eigenvalue weighted by Gasteiger charge is -2.11. The molecule has 2 heteroatoms. The monoisotopic (exact) mass is 247 g/mol. The van der Waals surface area contributed by atoms with Crippen LogP contribution in [0.5, 0.6) is 0 Å². The maximum absolute atomic E-state index is 4.76. The molecule has 92 valence electrons. The SMILES string of the molecule is CC1=C[CH+][C@]2(C=C1)CN2c1ccc2ccccc2n1. The Kier molecular flexibility index (Phi) is 2.05. The highest BCUT2D eigenvalue weighted by atomic mass is 15.4. The van der Waals surface area contributed by atoms with Crippen LogP contribution in [0.25, 0.3) is 10.9 Å². The fourth-order valence-corrected chi connectivity index (χ4v) is 2.67. The number of benzene rings is 1. The van der Waals surface area contributed by atoms with Gasteiger partial charge >= 0.3 is 0 Å². The van der Waals surface area contributed by atoms with E-state index in [9.17, 15) is 0 Å². The van der Waals surface area contributed by atoms with Gasteiger partial charge in [0.25, 0.3) is 0 Å². The van der Waals surface area contributed by atoms with E-state index in [-0.39, 0.29) is 5.54 Å². The third-order valence-corrected chi connectivity index (χ3v) is 3.94. The van der Waals surface area contributed by atoms with Crippen LogP contribution in [0.2, 0.25) is 0 Å². The Bertz CT molecular complexity index is 714. The number of fused-ring (bicyclic) bond motifs is 1. The van der Waals surface area contributed by atoms with E-state index in [1.165, 1.54) is 11.0 Å². The van der Waals surface area contributed by atoms with Gasteiger partial charge in [0.05, 0.1) is 30.1 Å². The van der Waals surface area contributed by atoms with Crippen molar-refractivity contribution in [3.05, 3.63) is 66.6 Å². The van der Waals surface area contributed by atoms with Gasteiger partial charge < -0.3 is 4.90 Å². The van der Waals surface area contributed by atoms with E-state index in [1.807, 2.05) is 12.1 Å². The Morgan fingerprint density at radius 2 is 2.11 bits per heavy atom. The number of nitrogens with zero attached hydrogens (tertiary/aromatic N) is 2. The first-order chi connectivity index (χ1) is 9.27. The van der Waals surface area contributed by atoms with Crippen LogP contribution in [0.3, 0.4) is 0 Å². The highest BCUT2D eigenvalue weighted by molar-refractivity contribution is 5.81. The lowest BCUT2D eigenvalue weighted by atomic mass is 9.97. The van der Waals surface area contributed by atoms with Crippen molar-refractivity contribution in [3.8, 4) is 0 Å². The molecule has 1 aromatic heterocycles. The molecule has 1 atom stereocenters. The van der Waals surface area contributed by atoms with E-state index in [2.05, 4.69) is 60.7 Å². The molecule has 0 saturated carbocycles. The van der Waals surface area contributed by atoms with Crippen LogP contribution in [0.1, 0.15) is 6.92 Å². The number of allylic oxidation sites excluding steroid dienone is 2. The number of anilines is 1. The zero-order valence-electron chi connectivity index (χ0n) is 10.9. The predicted molar refractivity (Wildman–Crippen MR) is 79.0 cm³/mol. The fraction of sp³-hybridized carbons (Fsp3) is 0.176. The van der Waals surface area contributed by atoms with Crippen LogP contribution in [-0.2, 0) is 0 Å². The molecule has 19 heavy (non-hydrogen) atoms. The quantitative estimate of drug-likeness (QED) is 0.566. The van der Waals surface area contributed by atoms with Crippen molar-refractivity contribution < 1.29 is 0 Å². The lowest BCUT2D eigenvalue weighted by Crippen LogP contribution is -2.17. The molecule has 0 N–H and O–H groups in total.